The second-order valence-electron chi connectivity index (χ2n) is 7.82. The van der Waals surface area contributed by atoms with Crippen molar-refractivity contribution in [3.63, 3.8) is 0 Å². The molecule has 9 heteroatoms. The Morgan fingerprint density at radius 3 is 2.59 bits per heavy atom. The first-order valence-electron chi connectivity index (χ1n) is 10.8. The van der Waals surface area contributed by atoms with Crippen LogP contribution in [0.2, 0.25) is 10.0 Å². The van der Waals surface area contributed by atoms with Crippen LogP contribution >= 0.6 is 23.2 Å². The van der Waals surface area contributed by atoms with Crippen LogP contribution in [-0.2, 0) is 28.8 Å². The summed E-state index contributed by atoms with van der Waals surface area (Å²) in [6.45, 7) is 0.736. The quantitative estimate of drug-likeness (QED) is 0.466. The van der Waals surface area contributed by atoms with E-state index in [2.05, 4.69) is 22.4 Å². The number of carbonyl (C=O) groups excluding carboxylic acids is 1. The fourth-order valence-electron chi connectivity index (χ4n) is 3.70. The Labute approximate surface area is 197 Å². The van der Waals surface area contributed by atoms with Gasteiger partial charge in [0.15, 0.2) is 0 Å². The molecular formula is C23H27Cl2N3O4. The molecule has 0 spiro atoms. The second-order valence-corrected chi connectivity index (χ2v) is 8.63. The van der Waals surface area contributed by atoms with Crippen LogP contribution in [0.5, 0.6) is 0 Å². The van der Waals surface area contributed by atoms with Crippen molar-refractivity contribution >= 4 is 35.1 Å². The molecule has 32 heavy (non-hydrogen) atoms. The summed E-state index contributed by atoms with van der Waals surface area (Å²) >= 11 is 11.9. The third kappa shape index (κ3) is 6.89. The molecule has 172 valence electrons. The van der Waals surface area contributed by atoms with Gasteiger partial charge in [0.1, 0.15) is 6.04 Å². The molecule has 0 unspecified atom stereocenters. The zero-order valence-corrected chi connectivity index (χ0v) is 19.3. The maximum atomic E-state index is 12.4. The van der Waals surface area contributed by atoms with Crippen molar-refractivity contribution < 1.29 is 19.4 Å². The Kier molecular flexibility index (Phi) is 9.26. The highest BCUT2D eigenvalue weighted by atomic mass is 35.5. The molecule has 2 aromatic heterocycles. The zero-order chi connectivity index (χ0) is 22.9. The standard InChI is InChI=1S/C23H27Cl2N3O4/c24-17-13-26-14-18(25)21(17)22(29)28-20(23(30)31)10-12-32-11-4-3-6-16-9-8-15-5-1-2-7-19(15)27-16/h8-9,13-14,20H,1-7,10-12H2,(H,28,29)(H,30,31)/t20-/m0/s1. The van der Waals surface area contributed by atoms with E-state index in [1.165, 1.54) is 36.5 Å². The predicted octanol–water partition coefficient (Wildman–Crippen LogP) is 4.27. The number of carboxylic acids is 1. The zero-order valence-electron chi connectivity index (χ0n) is 17.8. The molecule has 2 heterocycles. The molecule has 1 aliphatic carbocycles. The fourth-order valence-corrected chi connectivity index (χ4v) is 4.23. The summed E-state index contributed by atoms with van der Waals surface area (Å²) < 4.78 is 5.58. The van der Waals surface area contributed by atoms with Crippen LogP contribution in [0.25, 0.3) is 0 Å². The van der Waals surface area contributed by atoms with Gasteiger partial charge in [0.25, 0.3) is 5.91 Å². The van der Waals surface area contributed by atoms with Crippen LogP contribution in [0.15, 0.2) is 24.5 Å². The number of rotatable bonds is 11. The first-order valence-corrected chi connectivity index (χ1v) is 11.6. The lowest BCUT2D eigenvalue weighted by atomic mass is 9.95. The number of halogens is 2. The molecule has 0 radical (unpaired) electrons. The lowest BCUT2D eigenvalue weighted by Crippen LogP contribution is -2.41. The first kappa shape index (κ1) is 24.4. The minimum absolute atomic E-state index is 0.00582. The Balaban J connectivity index is 1.36. The molecule has 1 amide bonds. The number of nitrogens with one attached hydrogen (secondary N) is 1. The van der Waals surface area contributed by atoms with Gasteiger partial charge in [0.2, 0.25) is 0 Å². The van der Waals surface area contributed by atoms with E-state index < -0.39 is 17.9 Å². The Morgan fingerprint density at radius 2 is 1.84 bits per heavy atom. The first-order chi connectivity index (χ1) is 15.5. The summed E-state index contributed by atoms with van der Waals surface area (Å²) in [7, 11) is 0. The van der Waals surface area contributed by atoms with E-state index in [1.807, 2.05) is 0 Å². The fraction of sp³-hybridized carbons (Fsp3) is 0.478. The molecule has 0 bridgehead atoms. The van der Waals surface area contributed by atoms with Gasteiger partial charge in [-0.2, -0.15) is 0 Å². The summed E-state index contributed by atoms with van der Waals surface area (Å²) in [5.41, 5.74) is 3.76. The molecule has 1 aliphatic rings. The van der Waals surface area contributed by atoms with Crippen LogP contribution in [0.3, 0.4) is 0 Å². The number of aromatic nitrogens is 2. The molecular weight excluding hydrogens is 453 g/mol. The van der Waals surface area contributed by atoms with Gasteiger partial charge in [0, 0.05) is 43.4 Å². The third-order valence-electron chi connectivity index (χ3n) is 5.44. The van der Waals surface area contributed by atoms with E-state index in [-0.39, 0.29) is 28.6 Å². The summed E-state index contributed by atoms with van der Waals surface area (Å²) in [6, 6.07) is 3.22. The summed E-state index contributed by atoms with van der Waals surface area (Å²) in [5, 5.41) is 12.0. The molecule has 0 fully saturated rings. The monoisotopic (exact) mass is 479 g/mol. The highest BCUT2D eigenvalue weighted by molar-refractivity contribution is 6.39. The third-order valence-corrected chi connectivity index (χ3v) is 6.02. The summed E-state index contributed by atoms with van der Waals surface area (Å²) in [6.07, 6.45) is 10.1. The van der Waals surface area contributed by atoms with Crippen LogP contribution in [0.1, 0.15) is 59.4 Å². The van der Waals surface area contributed by atoms with Gasteiger partial charge in [-0.05, 0) is 56.6 Å². The number of hydrogen-bond donors (Lipinski definition) is 2. The van der Waals surface area contributed by atoms with Crippen molar-refractivity contribution in [2.24, 2.45) is 0 Å². The van der Waals surface area contributed by atoms with Crippen molar-refractivity contribution in [3.8, 4) is 0 Å². The Bertz CT molecular complexity index is 935. The van der Waals surface area contributed by atoms with Crippen LogP contribution in [-0.4, -0.2) is 46.2 Å². The van der Waals surface area contributed by atoms with Crippen molar-refractivity contribution in [2.75, 3.05) is 13.2 Å². The maximum Gasteiger partial charge on any atom is 0.326 e. The van der Waals surface area contributed by atoms with E-state index in [0.717, 1.165) is 37.8 Å². The molecule has 7 nitrogen and oxygen atoms in total. The van der Waals surface area contributed by atoms with Gasteiger partial charge in [-0.3, -0.25) is 14.8 Å². The minimum atomic E-state index is -1.15. The van der Waals surface area contributed by atoms with Crippen molar-refractivity contribution in [1.82, 2.24) is 15.3 Å². The number of aliphatic carboxylic acids is 1. The SMILES string of the molecule is O=C(N[C@@H](CCOCCCCc1ccc2c(n1)CCCC2)C(=O)O)c1c(Cl)cncc1Cl. The van der Waals surface area contributed by atoms with Gasteiger partial charge in [-0.15, -0.1) is 0 Å². The average Bonchev–Trinajstić information content (AvgIpc) is 2.77. The van der Waals surface area contributed by atoms with Crippen molar-refractivity contribution in [3.05, 3.63) is 57.1 Å². The smallest absolute Gasteiger partial charge is 0.326 e. The molecule has 2 N–H and O–H groups in total. The van der Waals surface area contributed by atoms with Gasteiger partial charge >= 0.3 is 5.97 Å². The number of amides is 1. The highest BCUT2D eigenvalue weighted by Gasteiger charge is 2.23. The number of fused-ring (bicyclic) bond motifs is 1. The summed E-state index contributed by atoms with van der Waals surface area (Å²) in [4.78, 5) is 32.5. The van der Waals surface area contributed by atoms with E-state index in [9.17, 15) is 14.7 Å². The molecule has 0 saturated heterocycles. The number of pyridine rings is 2. The van der Waals surface area contributed by atoms with Gasteiger partial charge in [0.05, 0.1) is 15.6 Å². The van der Waals surface area contributed by atoms with Crippen molar-refractivity contribution in [2.45, 2.75) is 57.4 Å². The number of ether oxygens (including phenoxy) is 1. The maximum absolute atomic E-state index is 12.4. The highest BCUT2D eigenvalue weighted by Crippen LogP contribution is 2.23. The van der Waals surface area contributed by atoms with Crippen LogP contribution in [0.4, 0.5) is 0 Å². The van der Waals surface area contributed by atoms with Crippen molar-refractivity contribution in [1.29, 1.82) is 0 Å². The lowest BCUT2D eigenvalue weighted by molar-refractivity contribution is -0.139. The van der Waals surface area contributed by atoms with Crippen LogP contribution < -0.4 is 5.32 Å². The Morgan fingerprint density at radius 1 is 1.09 bits per heavy atom. The lowest BCUT2D eigenvalue weighted by Gasteiger charge is -2.16. The van der Waals surface area contributed by atoms with Crippen LogP contribution in [0, 0.1) is 0 Å². The summed E-state index contributed by atoms with van der Waals surface area (Å²) in [5.74, 6) is -1.81. The minimum Gasteiger partial charge on any atom is -0.480 e. The topological polar surface area (TPSA) is 101 Å². The molecule has 0 saturated carbocycles. The van der Waals surface area contributed by atoms with Gasteiger partial charge < -0.3 is 15.2 Å². The van der Waals surface area contributed by atoms with E-state index in [1.54, 1.807) is 0 Å². The molecule has 0 aromatic carbocycles. The average molecular weight is 480 g/mol. The molecule has 1 atom stereocenters. The number of aryl methyl sites for hydroxylation is 3. The largest absolute Gasteiger partial charge is 0.480 e. The number of nitrogens with zero attached hydrogens (tertiary/aromatic N) is 2. The van der Waals surface area contributed by atoms with Gasteiger partial charge in [-0.25, -0.2) is 4.79 Å². The van der Waals surface area contributed by atoms with E-state index >= 15 is 0 Å². The number of unbranched alkanes of at least 4 members (excludes halogenated alkanes) is 1. The Hall–Kier alpha value is -2.22. The normalized spacial score (nSPS) is 13.9. The second kappa shape index (κ2) is 12.1. The predicted molar refractivity (Wildman–Crippen MR) is 122 cm³/mol. The van der Waals surface area contributed by atoms with E-state index in [0.29, 0.717) is 6.61 Å². The number of carbonyl (C=O) groups is 2. The molecule has 3 rings (SSSR count). The van der Waals surface area contributed by atoms with Gasteiger partial charge in [-0.1, -0.05) is 29.3 Å². The molecule has 2 aromatic rings. The number of hydrogen-bond acceptors (Lipinski definition) is 5. The van der Waals surface area contributed by atoms with E-state index in [4.69, 9.17) is 32.9 Å². The number of carboxylic acid groups (broad SMARTS) is 1. The molecule has 0 aliphatic heterocycles.